The van der Waals surface area contributed by atoms with Crippen LogP contribution in [-0.2, 0) is 14.8 Å². The number of rotatable bonds is 5. The number of carbonyl (C=O) groups is 1. The van der Waals surface area contributed by atoms with Gasteiger partial charge in [0.15, 0.2) is 0 Å². The molecule has 1 aliphatic carbocycles. The molecule has 1 saturated heterocycles. The molecule has 2 fully saturated rings. The molecule has 0 amide bonds. The smallest absolute Gasteiger partial charge is 0.338 e. The van der Waals surface area contributed by atoms with Gasteiger partial charge >= 0.3 is 5.97 Å². The van der Waals surface area contributed by atoms with E-state index in [1.807, 2.05) is 6.92 Å². The van der Waals surface area contributed by atoms with Crippen molar-refractivity contribution >= 4 is 16.0 Å². The van der Waals surface area contributed by atoms with Crippen molar-refractivity contribution in [1.29, 1.82) is 0 Å². The van der Waals surface area contributed by atoms with E-state index in [4.69, 9.17) is 9.47 Å². The third kappa shape index (κ3) is 4.46. The standard InChI is InChI=1S/C20H29NO5S/c1-15-8-6-7-13-21(15)27(23,24)19-14-16(11-12-18(19)25-2)20(22)26-17-9-4-3-5-10-17/h11-12,14-15,17H,3-10,13H2,1-2H3. The molecule has 27 heavy (non-hydrogen) atoms. The number of hydrogen-bond donors (Lipinski definition) is 0. The van der Waals surface area contributed by atoms with E-state index in [1.165, 1.54) is 23.9 Å². The SMILES string of the molecule is COc1ccc(C(=O)OC2CCCCC2)cc1S(=O)(=O)N1CCCCC1C. The second-order valence-corrected chi connectivity index (χ2v) is 9.35. The van der Waals surface area contributed by atoms with E-state index in [-0.39, 0.29) is 28.4 Å². The van der Waals surface area contributed by atoms with Crippen LogP contribution in [0.5, 0.6) is 5.75 Å². The normalized spacial score (nSPS) is 22.4. The Morgan fingerprint density at radius 1 is 1.07 bits per heavy atom. The summed E-state index contributed by atoms with van der Waals surface area (Å²) < 4.78 is 38.9. The van der Waals surface area contributed by atoms with E-state index in [0.29, 0.717) is 6.54 Å². The van der Waals surface area contributed by atoms with Crippen molar-refractivity contribution in [3.8, 4) is 5.75 Å². The molecule has 1 saturated carbocycles. The Labute approximate surface area is 161 Å². The monoisotopic (exact) mass is 395 g/mol. The average Bonchev–Trinajstić information content (AvgIpc) is 2.68. The Kier molecular flexibility index (Phi) is 6.42. The molecule has 6 nitrogen and oxygen atoms in total. The summed E-state index contributed by atoms with van der Waals surface area (Å²) in [5, 5.41) is 0. The molecule has 2 aliphatic rings. The zero-order valence-electron chi connectivity index (χ0n) is 16.1. The van der Waals surface area contributed by atoms with Crippen molar-refractivity contribution in [2.75, 3.05) is 13.7 Å². The topological polar surface area (TPSA) is 72.9 Å². The highest BCUT2D eigenvalue weighted by molar-refractivity contribution is 7.89. The first-order valence-electron chi connectivity index (χ1n) is 9.84. The average molecular weight is 396 g/mol. The molecular weight excluding hydrogens is 366 g/mol. The first kappa shape index (κ1) is 20.1. The molecule has 0 bridgehead atoms. The van der Waals surface area contributed by atoms with Crippen molar-refractivity contribution in [3.63, 3.8) is 0 Å². The molecule has 0 spiro atoms. The summed E-state index contributed by atoms with van der Waals surface area (Å²) in [6, 6.07) is 4.45. The summed E-state index contributed by atoms with van der Waals surface area (Å²) in [4.78, 5) is 12.6. The van der Waals surface area contributed by atoms with Crippen LogP contribution in [0.2, 0.25) is 0 Å². The molecule has 0 aromatic heterocycles. The van der Waals surface area contributed by atoms with Crippen molar-refractivity contribution in [3.05, 3.63) is 23.8 Å². The van der Waals surface area contributed by atoms with Crippen LogP contribution in [0, 0.1) is 0 Å². The largest absolute Gasteiger partial charge is 0.495 e. The van der Waals surface area contributed by atoms with Gasteiger partial charge in [-0.1, -0.05) is 12.8 Å². The van der Waals surface area contributed by atoms with Crippen LogP contribution < -0.4 is 4.74 Å². The highest BCUT2D eigenvalue weighted by Gasteiger charge is 2.34. The van der Waals surface area contributed by atoms with Gasteiger partial charge in [0.1, 0.15) is 16.7 Å². The molecule has 1 aliphatic heterocycles. The predicted octanol–water partition coefficient (Wildman–Crippen LogP) is 3.75. The highest BCUT2D eigenvalue weighted by atomic mass is 32.2. The summed E-state index contributed by atoms with van der Waals surface area (Å²) >= 11 is 0. The zero-order chi connectivity index (χ0) is 19.4. The van der Waals surface area contributed by atoms with Crippen molar-refractivity contribution in [1.82, 2.24) is 4.31 Å². The maximum Gasteiger partial charge on any atom is 0.338 e. The van der Waals surface area contributed by atoms with Gasteiger partial charge in [-0.2, -0.15) is 4.31 Å². The Balaban J connectivity index is 1.87. The Morgan fingerprint density at radius 3 is 2.44 bits per heavy atom. The number of ether oxygens (including phenoxy) is 2. The highest BCUT2D eigenvalue weighted by Crippen LogP contribution is 2.32. The summed E-state index contributed by atoms with van der Waals surface area (Å²) in [6.45, 7) is 2.41. The van der Waals surface area contributed by atoms with Gasteiger partial charge in [0.2, 0.25) is 10.0 Å². The molecular formula is C20H29NO5S. The molecule has 1 atom stereocenters. The second kappa shape index (κ2) is 8.61. The van der Waals surface area contributed by atoms with Crippen LogP contribution in [0.3, 0.4) is 0 Å². The second-order valence-electron chi connectivity index (χ2n) is 7.49. The predicted molar refractivity (Wildman–Crippen MR) is 102 cm³/mol. The van der Waals surface area contributed by atoms with Crippen molar-refractivity contribution in [2.45, 2.75) is 75.3 Å². The molecule has 1 heterocycles. The minimum atomic E-state index is -3.74. The molecule has 1 unspecified atom stereocenters. The van der Waals surface area contributed by atoms with Crippen LogP contribution in [0.4, 0.5) is 0 Å². The zero-order valence-corrected chi connectivity index (χ0v) is 17.0. The summed E-state index contributed by atoms with van der Waals surface area (Å²) in [5.74, 6) is -0.213. The number of piperidine rings is 1. The first-order valence-corrected chi connectivity index (χ1v) is 11.3. The summed E-state index contributed by atoms with van der Waals surface area (Å²) in [6.07, 6.45) is 7.68. The lowest BCUT2D eigenvalue weighted by molar-refractivity contribution is 0.0211. The van der Waals surface area contributed by atoms with E-state index < -0.39 is 16.0 Å². The van der Waals surface area contributed by atoms with Crippen molar-refractivity contribution < 1.29 is 22.7 Å². The van der Waals surface area contributed by atoms with Gasteiger partial charge in [0.05, 0.1) is 12.7 Å². The number of esters is 1. The lowest BCUT2D eigenvalue weighted by atomic mass is 9.98. The minimum Gasteiger partial charge on any atom is -0.495 e. The number of hydrogen-bond acceptors (Lipinski definition) is 5. The van der Waals surface area contributed by atoms with E-state index in [0.717, 1.165) is 44.9 Å². The fourth-order valence-electron chi connectivity index (χ4n) is 3.96. The third-order valence-corrected chi connectivity index (χ3v) is 7.59. The number of nitrogens with zero attached hydrogens (tertiary/aromatic N) is 1. The first-order chi connectivity index (χ1) is 12.9. The van der Waals surface area contributed by atoms with Crippen LogP contribution in [0.25, 0.3) is 0 Å². The Hall–Kier alpha value is -1.60. The van der Waals surface area contributed by atoms with Gasteiger partial charge in [-0.25, -0.2) is 13.2 Å². The number of methoxy groups -OCH3 is 1. The van der Waals surface area contributed by atoms with E-state index >= 15 is 0 Å². The lowest BCUT2D eigenvalue weighted by Gasteiger charge is -2.32. The summed E-state index contributed by atoms with van der Waals surface area (Å²) in [5.41, 5.74) is 0.254. The molecule has 7 heteroatoms. The Bertz CT molecular complexity index is 771. The van der Waals surface area contributed by atoms with E-state index in [2.05, 4.69) is 0 Å². The summed E-state index contributed by atoms with van der Waals surface area (Å²) in [7, 11) is -2.30. The van der Waals surface area contributed by atoms with Gasteiger partial charge in [-0.05, 0) is 63.6 Å². The maximum absolute atomic E-state index is 13.2. The lowest BCUT2D eigenvalue weighted by Crippen LogP contribution is -2.42. The minimum absolute atomic E-state index is 0.0387. The van der Waals surface area contributed by atoms with Crippen LogP contribution in [-0.4, -0.2) is 44.5 Å². The molecule has 1 aromatic rings. The third-order valence-electron chi connectivity index (χ3n) is 5.55. The van der Waals surface area contributed by atoms with Gasteiger partial charge in [-0.15, -0.1) is 0 Å². The molecule has 1 aromatic carbocycles. The molecule has 3 rings (SSSR count). The fourth-order valence-corrected chi connectivity index (χ4v) is 5.85. The fraction of sp³-hybridized carbons (Fsp3) is 0.650. The van der Waals surface area contributed by atoms with E-state index in [9.17, 15) is 13.2 Å². The quantitative estimate of drug-likeness (QED) is 0.710. The van der Waals surface area contributed by atoms with Crippen LogP contribution >= 0.6 is 0 Å². The number of carbonyl (C=O) groups excluding carboxylic acids is 1. The number of sulfonamides is 1. The van der Waals surface area contributed by atoms with Gasteiger partial charge in [0, 0.05) is 12.6 Å². The van der Waals surface area contributed by atoms with Gasteiger partial charge < -0.3 is 9.47 Å². The maximum atomic E-state index is 13.2. The van der Waals surface area contributed by atoms with Crippen molar-refractivity contribution in [2.24, 2.45) is 0 Å². The van der Waals surface area contributed by atoms with Gasteiger partial charge in [-0.3, -0.25) is 0 Å². The van der Waals surface area contributed by atoms with Crippen LogP contribution in [0.1, 0.15) is 68.6 Å². The molecule has 0 N–H and O–H groups in total. The molecule has 0 radical (unpaired) electrons. The molecule has 150 valence electrons. The number of benzene rings is 1. The van der Waals surface area contributed by atoms with E-state index in [1.54, 1.807) is 12.1 Å². The van der Waals surface area contributed by atoms with Crippen LogP contribution in [0.15, 0.2) is 23.1 Å². The Morgan fingerprint density at radius 2 is 1.78 bits per heavy atom. The van der Waals surface area contributed by atoms with Gasteiger partial charge in [0.25, 0.3) is 0 Å².